The molecular formula is C13H20N2O3. The van der Waals surface area contributed by atoms with Crippen molar-refractivity contribution in [2.45, 2.75) is 31.7 Å². The van der Waals surface area contributed by atoms with Gasteiger partial charge in [-0.25, -0.2) is 0 Å². The number of rotatable bonds is 3. The number of hydrogen-bond acceptors (Lipinski definition) is 3. The minimum Gasteiger partial charge on any atom is -0.381 e. The molecule has 100 valence electrons. The number of ether oxygens (including phenoxy) is 1. The van der Waals surface area contributed by atoms with Gasteiger partial charge >= 0.3 is 0 Å². The topological polar surface area (TPSA) is 58.6 Å². The molecule has 2 saturated heterocycles. The highest BCUT2D eigenvalue weighted by Gasteiger charge is 2.52. The number of carbonyl (C=O) groups excluding carboxylic acids is 2. The third-order valence-corrected chi connectivity index (χ3v) is 4.36. The van der Waals surface area contributed by atoms with Crippen molar-refractivity contribution in [3.8, 4) is 0 Å². The summed E-state index contributed by atoms with van der Waals surface area (Å²) in [5, 5.41) is 2.90. The van der Waals surface area contributed by atoms with Crippen LogP contribution in [0.4, 0.5) is 0 Å². The summed E-state index contributed by atoms with van der Waals surface area (Å²) in [7, 11) is 0. The van der Waals surface area contributed by atoms with Gasteiger partial charge in [0.05, 0.1) is 13.2 Å². The van der Waals surface area contributed by atoms with Crippen LogP contribution in [0.3, 0.4) is 0 Å². The first kappa shape index (κ1) is 12.0. The lowest BCUT2D eigenvalue weighted by molar-refractivity contribution is -0.150. The highest BCUT2D eigenvalue weighted by atomic mass is 16.5. The Labute approximate surface area is 107 Å². The molecule has 3 aliphatic rings. The second-order valence-electron chi connectivity index (χ2n) is 5.94. The molecule has 2 amide bonds. The molecule has 18 heavy (non-hydrogen) atoms. The van der Waals surface area contributed by atoms with E-state index in [1.807, 2.05) is 6.92 Å². The number of piperazine rings is 1. The molecular weight excluding hydrogens is 232 g/mol. The molecule has 3 rings (SSSR count). The molecule has 2 aliphatic heterocycles. The van der Waals surface area contributed by atoms with E-state index in [2.05, 4.69) is 5.32 Å². The molecule has 5 heteroatoms. The standard InChI is InChI=1S/C13H20N2O3/c1-13(10-2-3-10)12(17)15(7-11(16)14-13)6-9-4-5-18-8-9/h9-10H,2-8H2,1H3,(H,14,16). The van der Waals surface area contributed by atoms with Gasteiger partial charge in [-0.05, 0) is 32.1 Å². The zero-order valence-electron chi connectivity index (χ0n) is 10.8. The Morgan fingerprint density at radius 2 is 2.17 bits per heavy atom. The minimum absolute atomic E-state index is 0.0251. The summed E-state index contributed by atoms with van der Waals surface area (Å²) < 4.78 is 5.33. The quantitative estimate of drug-likeness (QED) is 0.778. The molecule has 5 nitrogen and oxygen atoms in total. The maximum absolute atomic E-state index is 12.5. The van der Waals surface area contributed by atoms with Gasteiger partial charge in [0, 0.05) is 19.1 Å². The maximum Gasteiger partial charge on any atom is 0.248 e. The van der Waals surface area contributed by atoms with Crippen molar-refractivity contribution in [2.24, 2.45) is 11.8 Å². The monoisotopic (exact) mass is 252 g/mol. The van der Waals surface area contributed by atoms with Crippen LogP contribution in [0.5, 0.6) is 0 Å². The van der Waals surface area contributed by atoms with Crippen LogP contribution in [0.2, 0.25) is 0 Å². The van der Waals surface area contributed by atoms with E-state index in [0.717, 1.165) is 25.9 Å². The normalized spacial score (nSPS) is 36.9. The van der Waals surface area contributed by atoms with Crippen LogP contribution in [-0.2, 0) is 14.3 Å². The molecule has 0 aromatic heterocycles. The highest BCUT2D eigenvalue weighted by molar-refractivity contribution is 5.98. The third-order valence-electron chi connectivity index (χ3n) is 4.36. The van der Waals surface area contributed by atoms with Crippen LogP contribution in [0.15, 0.2) is 0 Å². The maximum atomic E-state index is 12.5. The van der Waals surface area contributed by atoms with Gasteiger partial charge in [-0.2, -0.15) is 0 Å². The zero-order valence-corrected chi connectivity index (χ0v) is 10.8. The molecule has 1 N–H and O–H groups in total. The van der Waals surface area contributed by atoms with Crippen molar-refractivity contribution in [1.29, 1.82) is 0 Å². The Balaban J connectivity index is 1.72. The number of amides is 2. The SMILES string of the molecule is CC1(C2CC2)NC(=O)CN(CC2CCOC2)C1=O. The first-order valence-corrected chi connectivity index (χ1v) is 6.78. The van der Waals surface area contributed by atoms with Crippen molar-refractivity contribution in [1.82, 2.24) is 10.2 Å². The van der Waals surface area contributed by atoms with Crippen LogP contribution < -0.4 is 5.32 Å². The van der Waals surface area contributed by atoms with E-state index in [9.17, 15) is 9.59 Å². The van der Waals surface area contributed by atoms with Crippen molar-refractivity contribution in [3.63, 3.8) is 0 Å². The van der Waals surface area contributed by atoms with Crippen LogP contribution in [0.1, 0.15) is 26.2 Å². The van der Waals surface area contributed by atoms with Gasteiger partial charge in [0.1, 0.15) is 5.54 Å². The first-order chi connectivity index (χ1) is 8.59. The number of nitrogens with one attached hydrogen (secondary N) is 1. The van der Waals surface area contributed by atoms with Gasteiger partial charge in [0.25, 0.3) is 0 Å². The lowest BCUT2D eigenvalue weighted by atomic mass is 9.91. The third kappa shape index (κ3) is 2.00. The number of nitrogens with zero attached hydrogens (tertiary/aromatic N) is 1. The Hall–Kier alpha value is -1.10. The molecule has 3 fully saturated rings. The van der Waals surface area contributed by atoms with E-state index in [0.29, 0.717) is 25.0 Å². The van der Waals surface area contributed by atoms with Crippen LogP contribution in [0.25, 0.3) is 0 Å². The summed E-state index contributed by atoms with van der Waals surface area (Å²) in [5.41, 5.74) is -0.658. The lowest BCUT2D eigenvalue weighted by Crippen LogP contribution is -2.66. The molecule has 2 atom stereocenters. The predicted octanol–water partition coefficient (Wildman–Crippen LogP) is 0.150. The average molecular weight is 252 g/mol. The Morgan fingerprint density at radius 1 is 1.39 bits per heavy atom. The number of carbonyl (C=O) groups is 2. The Morgan fingerprint density at radius 3 is 2.78 bits per heavy atom. The van der Waals surface area contributed by atoms with E-state index in [1.165, 1.54) is 0 Å². The Kier molecular flexibility index (Phi) is 2.81. The summed E-state index contributed by atoms with van der Waals surface area (Å²) in [5.74, 6) is 0.791. The molecule has 0 aromatic carbocycles. The van der Waals surface area contributed by atoms with E-state index in [-0.39, 0.29) is 18.4 Å². The largest absolute Gasteiger partial charge is 0.381 e. The summed E-state index contributed by atoms with van der Waals surface area (Å²) >= 11 is 0. The van der Waals surface area contributed by atoms with Crippen molar-refractivity contribution >= 4 is 11.8 Å². The number of hydrogen-bond donors (Lipinski definition) is 1. The molecule has 2 unspecified atom stereocenters. The molecule has 0 radical (unpaired) electrons. The smallest absolute Gasteiger partial charge is 0.248 e. The Bertz CT molecular complexity index is 374. The predicted molar refractivity (Wildman–Crippen MR) is 64.8 cm³/mol. The molecule has 0 bridgehead atoms. The van der Waals surface area contributed by atoms with E-state index in [4.69, 9.17) is 4.74 Å². The average Bonchev–Trinajstić information content (AvgIpc) is 3.06. The zero-order chi connectivity index (χ0) is 12.8. The van der Waals surface area contributed by atoms with Gasteiger partial charge in [-0.15, -0.1) is 0 Å². The van der Waals surface area contributed by atoms with Gasteiger partial charge in [-0.1, -0.05) is 0 Å². The van der Waals surface area contributed by atoms with E-state index >= 15 is 0 Å². The highest BCUT2D eigenvalue weighted by Crippen LogP contribution is 2.41. The van der Waals surface area contributed by atoms with Crippen LogP contribution >= 0.6 is 0 Å². The van der Waals surface area contributed by atoms with Gasteiger partial charge < -0.3 is 15.0 Å². The van der Waals surface area contributed by atoms with Crippen LogP contribution in [-0.4, -0.2) is 48.6 Å². The molecule has 0 spiro atoms. The van der Waals surface area contributed by atoms with Crippen molar-refractivity contribution < 1.29 is 14.3 Å². The fourth-order valence-corrected chi connectivity index (χ4v) is 3.08. The van der Waals surface area contributed by atoms with E-state index in [1.54, 1.807) is 4.90 Å². The van der Waals surface area contributed by atoms with Crippen LogP contribution in [0, 0.1) is 11.8 Å². The summed E-state index contributed by atoms with van der Waals surface area (Å²) in [6.07, 6.45) is 3.08. The second-order valence-corrected chi connectivity index (χ2v) is 5.94. The molecule has 1 saturated carbocycles. The second kappa shape index (κ2) is 4.23. The minimum atomic E-state index is -0.658. The lowest BCUT2D eigenvalue weighted by Gasteiger charge is -2.40. The van der Waals surface area contributed by atoms with Crippen molar-refractivity contribution in [2.75, 3.05) is 26.3 Å². The summed E-state index contributed by atoms with van der Waals surface area (Å²) in [4.78, 5) is 26.1. The summed E-state index contributed by atoms with van der Waals surface area (Å²) in [6.45, 7) is 4.23. The van der Waals surface area contributed by atoms with Gasteiger partial charge in [0.15, 0.2) is 0 Å². The summed E-state index contributed by atoms with van der Waals surface area (Å²) in [6, 6.07) is 0. The fourth-order valence-electron chi connectivity index (χ4n) is 3.08. The fraction of sp³-hybridized carbons (Fsp3) is 0.846. The van der Waals surface area contributed by atoms with E-state index < -0.39 is 5.54 Å². The van der Waals surface area contributed by atoms with Gasteiger partial charge in [-0.3, -0.25) is 9.59 Å². The molecule has 0 aromatic rings. The van der Waals surface area contributed by atoms with Crippen molar-refractivity contribution in [3.05, 3.63) is 0 Å². The first-order valence-electron chi connectivity index (χ1n) is 6.78. The molecule has 2 heterocycles. The van der Waals surface area contributed by atoms with Gasteiger partial charge in [0.2, 0.25) is 11.8 Å². The molecule has 1 aliphatic carbocycles.